The van der Waals surface area contributed by atoms with Gasteiger partial charge in [0, 0.05) is 55.5 Å². The number of rotatable bonds is 2. The first-order chi connectivity index (χ1) is 11.8. The summed E-state index contributed by atoms with van der Waals surface area (Å²) in [5.74, 6) is 0.595. The number of aromatic nitrogens is 3. The Balaban J connectivity index is 1.50. The highest BCUT2D eigenvalue weighted by molar-refractivity contribution is 5.93. The van der Waals surface area contributed by atoms with Crippen LogP contribution in [0.15, 0.2) is 36.9 Å². The molecular weight excluding hydrogens is 304 g/mol. The minimum absolute atomic E-state index is 0.0127. The van der Waals surface area contributed by atoms with Gasteiger partial charge < -0.3 is 9.64 Å². The molecule has 0 bridgehead atoms. The van der Waals surface area contributed by atoms with Gasteiger partial charge in [0.05, 0.1) is 12.2 Å². The summed E-state index contributed by atoms with van der Waals surface area (Å²) in [4.78, 5) is 27.4. The van der Waals surface area contributed by atoms with Crippen molar-refractivity contribution in [3.63, 3.8) is 0 Å². The SMILES string of the molecule is O=C(c1cnc(-c2cccnc2)nc1)N1CCCC2(CCOC2)C1. The van der Waals surface area contributed by atoms with E-state index in [0.717, 1.165) is 51.1 Å². The van der Waals surface area contributed by atoms with Crippen LogP contribution in [0.2, 0.25) is 0 Å². The van der Waals surface area contributed by atoms with E-state index in [2.05, 4.69) is 15.0 Å². The van der Waals surface area contributed by atoms with E-state index >= 15 is 0 Å². The maximum Gasteiger partial charge on any atom is 0.257 e. The maximum atomic E-state index is 12.8. The average molecular weight is 324 g/mol. The van der Waals surface area contributed by atoms with Crippen molar-refractivity contribution < 1.29 is 9.53 Å². The van der Waals surface area contributed by atoms with Crippen LogP contribution in [0.1, 0.15) is 29.6 Å². The molecule has 124 valence electrons. The molecule has 1 atom stereocenters. The highest BCUT2D eigenvalue weighted by atomic mass is 16.5. The van der Waals surface area contributed by atoms with Gasteiger partial charge in [-0.25, -0.2) is 9.97 Å². The molecule has 0 N–H and O–H groups in total. The van der Waals surface area contributed by atoms with Gasteiger partial charge in [-0.1, -0.05) is 0 Å². The standard InChI is InChI=1S/C18H20N4O2/c23-17(22-7-2-4-18(12-22)5-8-24-13-18)15-10-20-16(21-11-15)14-3-1-6-19-9-14/h1,3,6,9-11H,2,4-5,7-8,12-13H2. The fourth-order valence-electron chi connectivity index (χ4n) is 3.62. The van der Waals surface area contributed by atoms with Gasteiger partial charge >= 0.3 is 0 Å². The van der Waals surface area contributed by atoms with Gasteiger partial charge in [0.15, 0.2) is 5.82 Å². The summed E-state index contributed by atoms with van der Waals surface area (Å²) in [6.07, 6.45) is 9.88. The van der Waals surface area contributed by atoms with Crippen molar-refractivity contribution in [2.45, 2.75) is 19.3 Å². The average Bonchev–Trinajstić information content (AvgIpc) is 3.09. The molecule has 2 fully saturated rings. The summed E-state index contributed by atoms with van der Waals surface area (Å²) >= 11 is 0. The first kappa shape index (κ1) is 15.2. The van der Waals surface area contributed by atoms with E-state index in [9.17, 15) is 4.79 Å². The quantitative estimate of drug-likeness (QED) is 0.847. The van der Waals surface area contributed by atoms with Crippen LogP contribution in [0.5, 0.6) is 0 Å². The number of hydrogen-bond donors (Lipinski definition) is 0. The second-order valence-electron chi connectivity index (χ2n) is 6.67. The third-order valence-corrected chi connectivity index (χ3v) is 4.95. The Morgan fingerprint density at radius 2 is 2.08 bits per heavy atom. The van der Waals surface area contributed by atoms with E-state index in [-0.39, 0.29) is 11.3 Å². The molecule has 4 heterocycles. The first-order valence-electron chi connectivity index (χ1n) is 8.35. The minimum atomic E-state index is 0.0127. The number of carbonyl (C=O) groups excluding carboxylic acids is 1. The molecule has 0 aromatic carbocycles. The zero-order chi connectivity index (χ0) is 16.4. The van der Waals surface area contributed by atoms with Crippen molar-refractivity contribution in [2.24, 2.45) is 5.41 Å². The van der Waals surface area contributed by atoms with Gasteiger partial charge in [-0.15, -0.1) is 0 Å². The zero-order valence-electron chi connectivity index (χ0n) is 13.5. The van der Waals surface area contributed by atoms with Gasteiger partial charge in [-0.05, 0) is 31.4 Å². The highest BCUT2D eigenvalue weighted by Gasteiger charge is 2.40. The second-order valence-corrected chi connectivity index (χ2v) is 6.67. The number of likely N-dealkylation sites (tertiary alicyclic amines) is 1. The molecule has 24 heavy (non-hydrogen) atoms. The van der Waals surface area contributed by atoms with Gasteiger partial charge in [0.2, 0.25) is 0 Å². The largest absolute Gasteiger partial charge is 0.381 e. The molecule has 6 nitrogen and oxygen atoms in total. The van der Waals surface area contributed by atoms with E-state index < -0.39 is 0 Å². The Bertz CT molecular complexity index is 712. The third kappa shape index (κ3) is 2.89. The third-order valence-electron chi connectivity index (χ3n) is 4.95. The number of ether oxygens (including phenoxy) is 1. The summed E-state index contributed by atoms with van der Waals surface area (Å²) in [7, 11) is 0. The lowest BCUT2D eigenvalue weighted by Gasteiger charge is -2.39. The number of amides is 1. The fourth-order valence-corrected chi connectivity index (χ4v) is 3.62. The lowest BCUT2D eigenvalue weighted by Crippen LogP contribution is -2.46. The number of nitrogens with zero attached hydrogens (tertiary/aromatic N) is 4. The van der Waals surface area contributed by atoms with Crippen LogP contribution in [-0.2, 0) is 4.74 Å². The van der Waals surface area contributed by atoms with Gasteiger partial charge in [-0.3, -0.25) is 9.78 Å². The number of piperidine rings is 1. The van der Waals surface area contributed by atoms with Crippen molar-refractivity contribution in [3.8, 4) is 11.4 Å². The van der Waals surface area contributed by atoms with Crippen LogP contribution in [0.4, 0.5) is 0 Å². The minimum Gasteiger partial charge on any atom is -0.381 e. The number of pyridine rings is 1. The molecule has 1 spiro atoms. The summed E-state index contributed by atoms with van der Waals surface area (Å²) in [5, 5.41) is 0. The Labute approximate surface area is 140 Å². The Hall–Kier alpha value is -2.34. The van der Waals surface area contributed by atoms with Crippen LogP contribution in [-0.4, -0.2) is 52.1 Å². The lowest BCUT2D eigenvalue weighted by molar-refractivity contribution is 0.0462. The van der Waals surface area contributed by atoms with Crippen molar-refractivity contribution in [1.82, 2.24) is 19.9 Å². The molecule has 6 heteroatoms. The smallest absolute Gasteiger partial charge is 0.257 e. The van der Waals surface area contributed by atoms with E-state index in [4.69, 9.17) is 4.74 Å². The fraction of sp³-hybridized carbons (Fsp3) is 0.444. The second kappa shape index (κ2) is 6.28. The summed E-state index contributed by atoms with van der Waals surface area (Å²) < 4.78 is 5.57. The van der Waals surface area contributed by atoms with Gasteiger partial charge in [0.1, 0.15) is 0 Å². The molecule has 2 aliphatic heterocycles. The Kier molecular flexibility index (Phi) is 3.98. The van der Waals surface area contributed by atoms with Crippen molar-refractivity contribution >= 4 is 5.91 Å². The van der Waals surface area contributed by atoms with Gasteiger partial charge in [0.25, 0.3) is 5.91 Å². The van der Waals surface area contributed by atoms with Gasteiger partial charge in [-0.2, -0.15) is 0 Å². The molecule has 4 rings (SSSR count). The monoisotopic (exact) mass is 324 g/mol. The summed E-state index contributed by atoms with van der Waals surface area (Å²) in [6.45, 7) is 3.15. The van der Waals surface area contributed by atoms with E-state index in [0.29, 0.717) is 11.4 Å². The molecule has 0 saturated carbocycles. The Morgan fingerprint density at radius 1 is 1.21 bits per heavy atom. The predicted molar refractivity (Wildman–Crippen MR) is 88.3 cm³/mol. The Morgan fingerprint density at radius 3 is 2.79 bits per heavy atom. The van der Waals surface area contributed by atoms with Crippen molar-refractivity contribution in [2.75, 3.05) is 26.3 Å². The first-order valence-corrected chi connectivity index (χ1v) is 8.35. The van der Waals surface area contributed by atoms with E-state index in [1.807, 2.05) is 17.0 Å². The molecule has 2 saturated heterocycles. The molecule has 1 unspecified atom stereocenters. The van der Waals surface area contributed by atoms with Crippen molar-refractivity contribution in [3.05, 3.63) is 42.5 Å². The molecule has 0 aliphatic carbocycles. The van der Waals surface area contributed by atoms with E-state index in [1.54, 1.807) is 24.8 Å². The molecule has 1 amide bonds. The number of carbonyl (C=O) groups is 1. The molecule has 2 aromatic heterocycles. The van der Waals surface area contributed by atoms with Crippen LogP contribution in [0.25, 0.3) is 11.4 Å². The zero-order valence-corrected chi connectivity index (χ0v) is 13.5. The van der Waals surface area contributed by atoms with Crippen LogP contribution in [0, 0.1) is 5.41 Å². The number of hydrogen-bond acceptors (Lipinski definition) is 5. The molecule has 2 aromatic rings. The van der Waals surface area contributed by atoms with Crippen LogP contribution < -0.4 is 0 Å². The van der Waals surface area contributed by atoms with E-state index in [1.165, 1.54) is 0 Å². The molecular formula is C18H20N4O2. The summed E-state index contributed by atoms with van der Waals surface area (Å²) in [6, 6.07) is 3.74. The maximum absolute atomic E-state index is 12.8. The topological polar surface area (TPSA) is 68.2 Å². The summed E-state index contributed by atoms with van der Waals surface area (Å²) in [5.41, 5.74) is 1.54. The van der Waals surface area contributed by atoms with Crippen LogP contribution >= 0.6 is 0 Å². The normalized spacial score (nSPS) is 23.6. The van der Waals surface area contributed by atoms with Crippen molar-refractivity contribution in [1.29, 1.82) is 0 Å². The predicted octanol–water partition coefficient (Wildman–Crippen LogP) is 2.18. The van der Waals surface area contributed by atoms with Crippen LogP contribution in [0.3, 0.4) is 0 Å². The highest BCUT2D eigenvalue weighted by Crippen LogP contribution is 2.37. The lowest BCUT2D eigenvalue weighted by atomic mass is 9.79. The molecule has 2 aliphatic rings. The molecule has 0 radical (unpaired) electrons.